The van der Waals surface area contributed by atoms with Crippen molar-refractivity contribution in [3.8, 4) is 11.4 Å². The van der Waals surface area contributed by atoms with Crippen LogP contribution in [0.25, 0.3) is 17.2 Å². The van der Waals surface area contributed by atoms with E-state index >= 15 is 0 Å². The molecule has 1 amide bonds. The van der Waals surface area contributed by atoms with Crippen molar-refractivity contribution in [1.29, 1.82) is 0 Å². The molecule has 0 aliphatic heterocycles. The summed E-state index contributed by atoms with van der Waals surface area (Å²) in [5, 5.41) is 7.70. The van der Waals surface area contributed by atoms with Crippen molar-refractivity contribution < 1.29 is 4.79 Å². The third-order valence-corrected chi connectivity index (χ3v) is 6.19. The minimum absolute atomic E-state index is 0.0799. The quantitative estimate of drug-likeness (QED) is 0.454. The van der Waals surface area contributed by atoms with E-state index in [1.54, 1.807) is 4.52 Å². The number of rotatable bonds is 4. The number of aromatic nitrogens is 4. The first-order valence-corrected chi connectivity index (χ1v) is 11.2. The molecule has 6 heteroatoms. The van der Waals surface area contributed by atoms with Gasteiger partial charge < -0.3 is 5.32 Å². The second-order valence-corrected chi connectivity index (χ2v) is 9.76. The van der Waals surface area contributed by atoms with E-state index in [-0.39, 0.29) is 17.7 Å². The average molecular weight is 442 g/mol. The van der Waals surface area contributed by atoms with Crippen LogP contribution in [0.5, 0.6) is 0 Å². The van der Waals surface area contributed by atoms with Crippen molar-refractivity contribution >= 4 is 17.4 Å². The lowest BCUT2D eigenvalue weighted by molar-refractivity contribution is -0.115. The molecule has 0 radical (unpaired) electrons. The van der Waals surface area contributed by atoms with E-state index in [0.29, 0.717) is 11.6 Å². The van der Waals surface area contributed by atoms with Crippen LogP contribution in [0.2, 0.25) is 0 Å². The predicted octanol–water partition coefficient (Wildman–Crippen LogP) is 5.50. The molecule has 0 aliphatic carbocycles. The largest absolute Gasteiger partial charge is 0.326 e. The maximum atomic E-state index is 12.8. The molecular weight excluding hydrogens is 410 g/mol. The minimum atomic E-state index is -0.0799. The van der Waals surface area contributed by atoms with Gasteiger partial charge in [0.15, 0.2) is 5.82 Å². The molecule has 33 heavy (non-hydrogen) atoms. The Bertz CT molecular complexity index is 1340. The number of hydrogen-bond acceptors (Lipinski definition) is 4. The van der Waals surface area contributed by atoms with Crippen LogP contribution in [0, 0.1) is 27.7 Å². The molecule has 2 heterocycles. The van der Waals surface area contributed by atoms with Crippen LogP contribution in [0.1, 0.15) is 54.4 Å². The Labute approximate surface area is 195 Å². The van der Waals surface area contributed by atoms with Gasteiger partial charge >= 0.3 is 0 Å². The Kier molecular flexibility index (Phi) is 5.78. The van der Waals surface area contributed by atoms with E-state index in [9.17, 15) is 4.79 Å². The number of fused-ring (bicyclic) bond motifs is 1. The first-order chi connectivity index (χ1) is 15.5. The molecule has 0 fully saturated rings. The molecule has 2 aromatic carbocycles. The van der Waals surface area contributed by atoms with Gasteiger partial charge in [-0.3, -0.25) is 4.79 Å². The third-order valence-electron chi connectivity index (χ3n) is 6.19. The van der Waals surface area contributed by atoms with E-state index in [4.69, 9.17) is 5.10 Å². The van der Waals surface area contributed by atoms with Gasteiger partial charge in [0.1, 0.15) is 0 Å². The second-order valence-electron chi connectivity index (χ2n) is 9.76. The molecular formula is C27H31N5O. The highest BCUT2D eigenvalue weighted by atomic mass is 16.1. The summed E-state index contributed by atoms with van der Waals surface area (Å²) in [6, 6.07) is 14.3. The zero-order chi connectivity index (χ0) is 23.9. The molecule has 4 aromatic rings. The molecule has 0 unspecified atom stereocenters. The number of amides is 1. The number of benzene rings is 2. The summed E-state index contributed by atoms with van der Waals surface area (Å²) in [7, 11) is 0. The highest BCUT2D eigenvalue weighted by Crippen LogP contribution is 2.25. The fourth-order valence-electron chi connectivity index (χ4n) is 3.89. The summed E-state index contributed by atoms with van der Waals surface area (Å²) in [4.78, 5) is 22.1. The fraction of sp³-hybridized carbons (Fsp3) is 0.333. The Hall–Kier alpha value is -3.54. The smallest absolute Gasteiger partial charge is 0.253 e. The normalized spacial score (nSPS) is 11.7. The fourth-order valence-corrected chi connectivity index (χ4v) is 3.89. The molecule has 0 saturated carbocycles. The number of nitrogens with one attached hydrogen (secondary N) is 1. The number of anilines is 1. The summed E-state index contributed by atoms with van der Waals surface area (Å²) < 4.78 is 1.73. The van der Waals surface area contributed by atoms with Crippen LogP contribution in [0.15, 0.2) is 42.5 Å². The number of aryl methyl sites for hydroxylation is 4. The zero-order valence-electron chi connectivity index (χ0n) is 20.4. The maximum Gasteiger partial charge on any atom is 0.253 e. The van der Waals surface area contributed by atoms with E-state index in [1.807, 2.05) is 39.0 Å². The Morgan fingerprint density at radius 3 is 2.27 bits per heavy atom. The predicted molar refractivity (Wildman–Crippen MR) is 133 cm³/mol. The van der Waals surface area contributed by atoms with Crippen molar-refractivity contribution in [2.75, 3.05) is 5.32 Å². The molecule has 0 saturated heterocycles. The van der Waals surface area contributed by atoms with Crippen LogP contribution in [0.4, 0.5) is 5.69 Å². The van der Waals surface area contributed by atoms with E-state index in [0.717, 1.165) is 33.8 Å². The van der Waals surface area contributed by atoms with Crippen molar-refractivity contribution in [2.45, 2.75) is 60.3 Å². The number of carbonyl (C=O) groups is 1. The molecule has 170 valence electrons. The van der Waals surface area contributed by atoms with Crippen molar-refractivity contribution in [2.24, 2.45) is 0 Å². The van der Waals surface area contributed by atoms with Crippen molar-refractivity contribution in [3.63, 3.8) is 0 Å². The summed E-state index contributed by atoms with van der Waals surface area (Å²) in [6.45, 7) is 14.5. The van der Waals surface area contributed by atoms with Crippen molar-refractivity contribution in [3.05, 3.63) is 76.1 Å². The molecule has 1 N–H and O–H groups in total. The first-order valence-electron chi connectivity index (χ1n) is 11.2. The molecule has 0 spiro atoms. The van der Waals surface area contributed by atoms with Crippen LogP contribution in [-0.2, 0) is 16.6 Å². The van der Waals surface area contributed by atoms with E-state index in [2.05, 4.69) is 67.2 Å². The lowest BCUT2D eigenvalue weighted by Gasteiger charge is -2.18. The summed E-state index contributed by atoms with van der Waals surface area (Å²) >= 11 is 0. The lowest BCUT2D eigenvalue weighted by atomic mass is 9.87. The number of carbonyl (C=O) groups excluding carboxylic acids is 1. The topological polar surface area (TPSA) is 72.2 Å². The Morgan fingerprint density at radius 1 is 0.939 bits per heavy atom. The molecule has 2 aromatic heterocycles. The maximum absolute atomic E-state index is 12.8. The van der Waals surface area contributed by atoms with E-state index in [1.165, 1.54) is 11.1 Å². The van der Waals surface area contributed by atoms with Gasteiger partial charge in [-0.1, -0.05) is 51.1 Å². The van der Waals surface area contributed by atoms with Gasteiger partial charge in [-0.2, -0.15) is 4.98 Å². The van der Waals surface area contributed by atoms with Gasteiger partial charge in [0.05, 0.1) is 6.42 Å². The number of hydrogen-bond donors (Lipinski definition) is 1. The van der Waals surface area contributed by atoms with Crippen LogP contribution < -0.4 is 5.32 Å². The summed E-state index contributed by atoms with van der Waals surface area (Å²) in [5.74, 6) is 1.09. The SMILES string of the molecule is Cc1ccc(NC(=O)Cc2c(C)nc3nc(-c4ccc(C(C)(C)C)cc4)nn3c2C)cc1C. The first kappa shape index (κ1) is 22.6. The van der Waals surface area contributed by atoms with Gasteiger partial charge in [0.2, 0.25) is 5.91 Å². The Balaban J connectivity index is 1.61. The highest BCUT2D eigenvalue weighted by Gasteiger charge is 2.18. The Morgan fingerprint density at radius 2 is 1.64 bits per heavy atom. The zero-order valence-corrected chi connectivity index (χ0v) is 20.4. The van der Waals surface area contributed by atoms with Gasteiger partial charge in [0.25, 0.3) is 5.78 Å². The number of nitrogens with zero attached hydrogens (tertiary/aromatic N) is 4. The van der Waals surface area contributed by atoms with Crippen LogP contribution in [-0.4, -0.2) is 25.5 Å². The standard InChI is InChI=1S/C27H31N5O/c1-16-8-13-22(14-17(16)2)29-24(33)15-23-18(3)28-26-30-25(31-32(26)19(23)4)20-9-11-21(12-10-20)27(5,6)7/h8-14H,15H2,1-7H3,(H,29,33). The lowest BCUT2D eigenvalue weighted by Crippen LogP contribution is -2.18. The van der Waals surface area contributed by atoms with Crippen LogP contribution in [0.3, 0.4) is 0 Å². The second kappa shape index (κ2) is 8.43. The van der Waals surface area contributed by atoms with Crippen LogP contribution >= 0.6 is 0 Å². The molecule has 6 nitrogen and oxygen atoms in total. The third kappa shape index (κ3) is 4.65. The molecule has 4 rings (SSSR count). The van der Waals surface area contributed by atoms with Gasteiger partial charge in [-0.25, -0.2) is 9.50 Å². The summed E-state index contributed by atoms with van der Waals surface area (Å²) in [5.41, 5.74) is 7.97. The van der Waals surface area contributed by atoms with Gasteiger partial charge in [-0.15, -0.1) is 5.10 Å². The average Bonchev–Trinajstić information content (AvgIpc) is 3.17. The minimum Gasteiger partial charge on any atom is -0.326 e. The molecule has 0 aliphatic rings. The summed E-state index contributed by atoms with van der Waals surface area (Å²) in [6.07, 6.45) is 0.225. The van der Waals surface area contributed by atoms with Gasteiger partial charge in [-0.05, 0) is 61.9 Å². The van der Waals surface area contributed by atoms with Crippen molar-refractivity contribution in [1.82, 2.24) is 19.6 Å². The molecule has 0 atom stereocenters. The van der Waals surface area contributed by atoms with Gasteiger partial charge in [0, 0.05) is 28.2 Å². The molecule has 0 bridgehead atoms. The monoisotopic (exact) mass is 441 g/mol. The highest BCUT2D eigenvalue weighted by molar-refractivity contribution is 5.92. The van der Waals surface area contributed by atoms with E-state index < -0.39 is 0 Å².